The molecule has 0 saturated carbocycles. The van der Waals surface area contributed by atoms with E-state index in [9.17, 15) is 0 Å². The summed E-state index contributed by atoms with van der Waals surface area (Å²) in [5.41, 5.74) is 5.54. The molecular formula is C22H26N4O. The van der Waals surface area contributed by atoms with Crippen molar-refractivity contribution in [2.24, 2.45) is 0 Å². The molecule has 4 rings (SSSR count). The van der Waals surface area contributed by atoms with Gasteiger partial charge in [-0.2, -0.15) is 0 Å². The van der Waals surface area contributed by atoms with E-state index in [2.05, 4.69) is 41.0 Å². The molecule has 1 aromatic carbocycles. The molecule has 0 bridgehead atoms. The first-order valence-corrected chi connectivity index (χ1v) is 9.61. The zero-order chi connectivity index (χ0) is 18.6. The highest BCUT2D eigenvalue weighted by Gasteiger charge is 2.10. The summed E-state index contributed by atoms with van der Waals surface area (Å²) in [6.07, 6.45) is 5.66. The number of nitrogens with one attached hydrogen (secondary N) is 1. The number of para-hydroxylation sites is 1. The van der Waals surface area contributed by atoms with Crippen LogP contribution in [0.2, 0.25) is 0 Å². The quantitative estimate of drug-likeness (QED) is 0.523. The fraction of sp³-hybridized carbons (Fsp3) is 0.364. The molecule has 2 aromatic heterocycles. The molecule has 5 nitrogen and oxygen atoms in total. The predicted octanol–water partition coefficient (Wildman–Crippen LogP) is 4.35. The summed E-state index contributed by atoms with van der Waals surface area (Å²) in [4.78, 5) is 15.0. The maximum atomic E-state index is 5.89. The van der Waals surface area contributed by atoms with Gasteiger partial charge in [-0.1, -0.05) is 29.8 Å². The van der Waals surface area contributed by atoms with E-state index < -0.39 is 0 Å². The average Bonchev–Trinajstić information content (AvgIpc) is 3.13. The summed E-state index contributed by atoms with van der Waals surface area (Å²) < 4.78 is 5.89. The van der Waals surface area contributed by atoms with Crippen LogP contribution in [0.3, 0.4) is 0 Å². The van der Waals surface area contributed by atoms with Crippen molar-refractivity contribution in [1.29, 1.82) is 0 Å². The molecule has 3 heterocycles. The number of hydrogen-bond donors (Lipinski definition) is 1. The Balaban J connectivity index is 1.38. The van der Waals surface area contributed by atoms with E-state index in [1.165, 1.54) is 6.42 Å². The molecule has 1 N–H and O–H groups in total. The van der Waals surface area contributed by atoms with Gasteiger partial charge in [-0.05, 0) is 50.9 Å². The molecule has 140 valence electrons. The van der Waals surface area contributed by atoms with Gasteiger partial charge in [0.05, 0.1) is 17.6 Å². The number of ether oxygens (including phenoxy) is 1. The van der Waals surface area contributed by atoms with Crippen LogP contribution in [0, 0.1) is 6.92 Å². The zero-order valence-corrected chi connectivity index (χ0v) is 16.0. The van der Waals surface area contributed by atoms with E-state index in [0.717, 1.165) is 54.0 Å². The summed E-state index contributed by atoms with van der Waals surface area (Å²) in [6.45, 7) is 4.98. The van der Waals surface area contributed by atoms with Gasteiger partial charge in [-0.3, -0.25) is 0 Å². The molecule has 0 unspecified atom stereocenters. The Morgan fingerprint density at radius 3 is 2.85 bits per heavy atom. The highest BCUT2D eigenvalue weighted by molar-refractivity contribution is 5.81. The molecule has 1 aliphatic rings. The highest BCUT2D eigenvalue weighted by atomic mass is 16.5. The molecule has 0 saturated heterocycles. The van der Waals surface area contributed by atoms with Crippen LogP contribution in [-0.4, -0.2) is 46.6 Å². The summed E-state index contributed by atoms with van der Waals surface area (Å²) in [5.74, 6) is 1.43. The SMILES string of the molecule is Cc1cccc2[nH]c(-c3cccc(OCCCC4=CCN(C)CC4)n3)nc12. The number of aryl methyl sites for hydroxylation is 1. The van der Waals surface area contributed by atoms with Gasteiger partial charge in [0.1, 0.15) is 5.69 Å². The van der Waals surface area contributed by atoms with Gasteiger partial charge < -0.3 is 14.6 Å². The molecular weight excluding hydrogens is 336 g/mol. The molecule has 1 aliphatic heterocycles. The van der Waals surface area contributed by atoms with Gasteiger partial charge in [0.15, 0.2) is 5.82 Å². The topological polar surface area (TPSA) is 54.0 Å². The Morgan fingerprint density at radius 2 is 2.04 bits per heavy atom. The summed E-state index contributed by atoms with van der Waals surface area (Å²) in [5, 5.41) is 0. The number of aromatic nitrogens is 3. The van der Waals surface area contributed by atoms with E-state index in [0.29, 0.717) is 12.5 Å². The molecule has 0 aliphatic carbocycles. The zero-order valence-electron chi connectivity index (χ0n) is 16.0. The number of H-pyrrole nitrogens is 1. The molecule has 3 aromatic rings. The smallest absolute Gasteiger partial charge is 0.213 e. The Kier molecular flexibility index (Phi) is 5.21. The van der Waals surface area contributed by atoms with Crippen LogP contribution in [0.15, 0.2) is 48.0 Å². The fourth-order valence-electron chi connectivity index (χ4n) is 3.44. The number of nitrogens with zero attached hydrogens (tertiary/aromatic N) is 3. The average molecular weight is 362 g/mol. The normalized spacial score (nSPS) is 15.1. The van der Waals surface area contributed by atoms with Crippen LogP contribution >= 0.6 is 0 Å². The number of aromatic amines is 1. The first-order chi connectivity index (χ1) is 13.2. The third kappa shape index (κ3) is 4.19. The van der Waals surface area contributed by atoms with E-state index in [4.69, 9.17) is 9.72 Å². The second kappa shape index (κ2) is 7.92. The molecule has 5 heteroatoms. The lowest BCUT2D eigenvalue weighted by Gasteiger charge is -2.21. The number of benzene rings is 1. The summed E-state index contributed by atoms with van der Waals surface area (Å²) in [6, 6.07) is 12.0. The maximum Gasteiger partial charge on any atom is 0.213 e. The van der Waals surface area contributed by atoms with Gasteiger partial charge in [0.25, 0.3) is 0 Å². The van der Waals surface area contributed by atoms with Crippen LogP contribution in [0.4, 0.5) is 0 Å². The van der Waals surface area contributed by atoms with Gasteiger partial charge in [-0.15, -0.1) is 0 Å². The molecule has 0 radical (unpaired) electrons. The van der Waals surface area contributed by atoms with Gasteiger partial charge in [0, 0.05) is 19.2 Å². The lowest BCUT2D eigenvalue weighted by atomic mass is 10.0. The summed E-state index contributed by atoms with van der Waals surface area (Å²) >= 11 is 0. The first-order valence-electron chi connectivity index (χ1n) is 9.61. The van der Waals surface area contributed by atoms with Crippen molar-refractivity contribution in [3.05, 3.63) is 53.6 Å². The van der Waals surface area contributed by atoms with Gasteiger partial charge >= 0.3 is 0 Å². The minimum Gasteiger partial charge on any atom is -0.478 e. The predicted molar refractivity (Wildman–Crippen MR) is 109 cm³/mol. The van der Waals surface area contributed by atoms with E-state index in [-0.39, 0.29) is 0 Å². The molecule has 0 atom stereocenters. The number of rotatable bonds is 6. The van der Waals surface area contributed by atoms with E-state index >= 15 is 0 Å². The standard InChI is InChI=1S/C22H26N4O/c1-16-6-3-8-18-21(16)25-22(24-18)19-9-4-10-20(23-19)27-15-5-7-17-11-13-26(2)14-12-17/h3-4,6,8-11H,5,7,12-15H2,1-2H3,(H,24,25). The molecule has 0 spiro atoms. The summed E-state index contributed by atoms with van der Waals surface area (Å²) in [7, 11) is 2.17. The number of hydrogen-bond acceptors (Lipinski definition) is 4. The van der Waals surface area contributed by atoms with Crippen LogP contribution in [0.1, 0.15) is 24.8 Å². The third-order valence-corrected chi connectivity index (χ3v) is 5.08. The number of likely N-dealkylation sites (N-methyl/N-ethyl adjacent to an activating group) is 1. The van der Waals surface area contributed by atoms with Crippen molar-refractivity contribution in [2.75, 3.05) is 26.7 Å². The van der Waals surface area contributed by atoms with Crippen molar-refractivity contribution >= 4 is 11.0 Å². The minimum atomic E-state index is 0.655. The Hall–Kier alpha value is -2.66. The van der Waals surface area contributed by atoms with Gasteiger partial charge in [-0.25, -0.2) is 9.97 Å². The van der Waals surface area contributed by atoms with Gasteiger partial charge in [0.2, 0.25) is 5.88 Å². The Bertz CT molecular complexity index is 960. The molecule has 0 amide bonds. The monoisotopic (exact) mass is 362 g/mol. The van der Waals surface area contributed by atoms with Crippen LogP contribution < -0.4 is 4.74 Å². The number of fused-ring (bicyclic) bond motifs is 1. The Labute approximate surface area is 160 Å². The van der Waals surface area contributed by atoms with Crippen molar-refractivity contribution in [3.63, 3.8) is 0 Å². The third-order valence-electron chi connectivity index (χ3n) is 5.08. The fourth-order valence-corrected chi connectivity index (χ4v) is 3.44. The lowest BCUT2D eigenvalue weighted by molar-refractivity contribution is 0.296. The molecule has 27 heavy (non-hydrogen) atoms. The maximum absolute atomic E-state index is 5.89. The minimum absolute atomic E-state index is 0.655. The first kappa shape index (κ1) is 17.7. The van der Waals surface area contributed by atoms with Crippen molar-refractivity contribution < 1.29 is 4.74 Å². The van der Waals surface area contributed by atoms with Crippen LogP contribution in [-0.2, 0) is 0 Å². The van der Waals surface area contributed by atoms with Crippen molar-refractivity contribution in [2.45, 2.75) is 26.2 Å². The lowest BCUT2D eigenvalue weighted by Crippen LogP contribution is -2.24. The highest BCUT2D eigenvalue weighted by Crippen LogP contribution is 2.23. The van der Waals surface area contributed by atoms with Crippen molar-refractivity contribution in [1.82, 2.24) is 19.9 Å². The second-order valence-electron chi connectivity index (χ2n) is 7.24. The van der Waals surface area contributed by atoms with Crippen LogP contribution in [0.25, 0.3) is 22.6 Å². The van der Waals surface area contributed by atoms with E-state index in [1.807, 2.05) is 30.3 Å². The Morgan fingerprint density at radius 1 is 1.15 bits per heavy atom. The molecule has 0 fully saturated rings. The van der Waals surface area contributed by atoms with Crippen molar-refractivity contribution in [3.8, 4) is 17.4 Å². The van der Waals surface area contributed by atoms with Crippen LogP contribution in [0.5, 0.6) is 5.88 Å². The second-order valence-corrected chi connectivity index (χ2v) is 7.24. The van der Waals surface area contributed by atoms with E-state index in [1.54, 1.807) is 5.57 Å². The number of pyridine rings is 1. The largest absolute Gasteiger partial charge is 0.478 e. The number of imidazole rings is 1.